The normalized spacial score (nSPS) is 15.7. The Kier molecular flexibility index (Phi) is 6.73. The number of primary amides is 1. The predicted octanol–water partition coefficient (Wildman–Crippen LogP) is 4.79. The molecular formula is C22H28N2O3S. The molecule has 1 heterocycles. The molecule has 1 aromatic carbocycles. The molecule has 28 heavy (non-hydrogen) atoms. The Morgan fingerprint density at radius 1 is 1.25 bits per heavy atom. The Hall–Kier alpha value is -2.34. The number of unbranched alkanes of at least 4 members (excludes halogenated alkanes) is 2. The van der Waals surface area contributed by atoms with Gasteiger partial charge in [-0.3, -0.25) is 9.59 Å². The van der Waals surface area contributed by atoms with Crippen molar-refractivity contribution in [3.8, 4) is 5.75 Å². The van der Waals surface area contributed by atoms with E-state index in [0.717, 1.165) is 49.8 Å². The van der Waals surface area contributed by atoms with Crippen LogP contribution in [0.15, 0.2) is 24.3 Å². The van der Waals surface area contributed by atoms with Gasteiger partial charge in [0.2, 0.25) is 0 Å². The van der Waals surface area contributed by atoms with Crippen LogP contribution in [0.25, 0.3) is 0 Å². The van der Waals surface area contributed by atoms with Gasteiger partial charge in [-0.15, -0.1) is 11.3 Å². The second kappa shape index (κ2) is 9.24. The lowest BCUT2D eigenvalue weighted by atomic mass is 9.88. The third-order valence-electron chi connectivity index (χ3n) is 5.12. The van der Waals surface area contributed by atoms with Crippen LogP contribution in [0, 0.1) is 5.92 Å². The highest BCUT2D eigenvalue weighted by Crippen LogP contribution is 2.39. The smallest absolute Gasteiger partial charge is 0.256 e. The standard InChI is InChI=1S/C22H28N2O3S/c1-3-4-5-12-27-16-9-7-15(8-10-16)21(26)24-22-19(20(23)25)17-11-6-14(2)13-18(17)28-22/h7-10,14H,3-6,11-13H2,1-2H3,(H2,23,25)(H,24,26). The summed E-state index contributed by atoms with van der Waals surface area (Å²) in [5.74, 6) is 0.621. The lowest BCUT2D eigenvalue weighted by Gasteiger charge is -2.18. The van der Waals surface area contributed by atoms with Crippen molar-refractivity contribution in [2.24, 2.45) is 11.7 Å². The Balaban J connectivity index is 1.70. The number of nitrogens with two attached hydrogens (primary N) is 1. The fraction of sp³-hybridized carbons (Fsp3) is 0.455. The third-order valence-corrected chi connectivity index (χ3v) is 6.29. The van der Waals surface area contributed by atoms with Gasteiger partial charge < -0.3 is 15.8 Å². The van der Waals surface area contributed by atoms with Crippen molar-refractivity contribution in [3.63, 3.8) is 0 Å². The summed E-state index contributed by atoms with van der Waals surface area (Å²) in [5.41, 5.74) is 7.64. The molecule has 2 aromatic rings. The summed E-state index contributed by atoms with van der Waals surface area (Å²) >= 11 is 1.48. The summed E-state index contributed by atoms with van der Waals surface area (Å²) in [6.07, 6.45) is 6.13. The van der Waals surface area contributed by atoms with Gasteiger partial charge in [-0.25, -0.2) is 0 Å². The van der Waals surface area contributed by atoms with Gasteiger partial charge in [0, 0.05) is 10.4 Å². The van der Waals surface area contributed by atoms with Gasteiger partial charge in [0.25, 0.3) is 11.8 Å². The van der Waals surface area contributed by atoms with Crippen LogP contribution in [0.3, 0.4) is 0 Å². The number of anilines is 1. The minimum absolute atomic E-state index is 0.244. The maximum absolute atomic E-state index is 12.7. The van der Waals surface area contributed by atoms with Crippen LogP contribution >= 0.6 is 11.3 Å². The van der Waals surface area contributed by atoms with E-state index in [1.54, 1.807) is 24.3 Å². The van der Waals surface area contributed by atoms with Gasteiger partial charge in [-0.2, -0.15) is 0 Å². The van der Waals surface area contributed by atoms with E-state index in [2.05, 4.69) is 19.2 Å². The number of hydrogen-bond donors (Lipinski definition) is 2. The van der Waals surface area contributed by atoms with Crippen LogP contribution in [0.4, 0.5) is 5.00 Å². The molecule has 0 saturated heterocycles. The van der Waals surface area contributed by atoms with E-state index in [0.29, 0.717) is 28.7 Å². The first-order chi connectivity index (χ1) is 13.5. The molecule has 0 saturated carbocycles. The second-order valence-corrected chi connectivity index (χ2v) is 8.56. The largest absolute Gasteiger partial charge is 0.494 e. The molecule has 1 atom stereocenters. The third kappa shape index (κ3) is 4.73. The molecule has 1 unspecified atom stereocenters. The molecule has 3 N–H and O–H groups in total. The monoisotopic (exact) mass is 400 g/mol. The lowest BCUT2D eigenvalue weighted by molar-refractivity contribution is 0.1000. The maximum atomic E-state index is 12.7. The number of rotatable bonds is 8. The number of ether oxygens (including phenoxy) is 1. The van der Waals surface area contributed by atoms with E-state index < -0.39 is 5.91 Å². The minimum Gasteiger partial charge on any atom is -0.494 e. The van der Waals surface area contributed by atoms with E-state index in [4.69, 9.17) is 10.5 Å². The minimum atomic E-state index is -0.474. The van der Waals surface area contributed by atoms with Gasteiger partial charge in [0.15, 0.2) is 0 Å². The summed E-state index contributed by atoms with van der Waals surface area (Å²) in [7, 11) is 0. The Labute approximate surface area is 170 Å². The molecule has 1 aliphatic rings. The Morgan fingerprint density at radius 3 is 2.68 bits per heavy atom. The second-order valence-electron chi connectivity index (χ2n) is 7.45. The molecule has 0 fully saturated rings. The van der Waals surface area contributed by atoms with Crippen molar-refractivity contribution in [2.45, 2.75) is 52.4 Å². The highest BCUT2D eigenvalue weighted by Gasteiger charge is 2.27. The van der Waals surface area contributed by atoms with Gasteiger partial charge >= 0.3 is 0 Å². The van der Waals surface area contributed by atoms with Crippen molar-refractivity contribution in [1.82, 2.24) is 0 Å². The highest BCUT2D eigenvalue weighted by molar-refractivity contribution is 7.17. The SMILES string of the molecule is CCCCCOc1ccc(C(=O)Nc2sc3c(c2C(N)=O)CCC(C)C3)cc1. The molecular weight excluding hydrogens is 372 g/mol. The number of thiophene rings is 1. The van der Waals surface area contributed by atoms with E-state index >= 15 is 0 Å². The molecule has 150 valence electrons. The van der Waals surface area contributed by atoms with E-state index in [9.17, 15) is 9.59 Å². The fourth-order valence-corrected chi connectivity index (χ4v) is 4.93. The molecule has 0 spiro atoms. The summed E-state index contributed by atoms with van der Waals surface area (Å²) in [5, 5.41) is 3.46. The molecule has 3 rings (SSSR count). The Morgan fingerprint density at radius 2 is 2.00 bits per heavy atom. The quantitative estimate of drug-likeness (QED) is 0.625. The van der Waals surface area contributed by atoms with Gasteiger partial charge in [0.05, 0.1) is 12.2 Å². The number of hydrogen-bond acceptors (Lipinski definition) is 4. The van der Waals surface area contributed by atoms with E-state index in [1.165, 1.54) is 16.2 Å². The van der Waals surface area contributed by atoms with Crippen molar-refractivity contribution < 1.29 is 14.3 Å². The zero-order valence-electron chi connectivity index (χ0n) is 16.5. The number of amides is 2. The zero-order chi connectivity index (χ0) is 20.1. The van der Waals surface area contributed by atoms with Crippen LogP contribution < -0.4 is 15.8 Å². The molecule has 6 heteroatoms. The van der Waals surface area contributed by atoms with Gasteiger partial charge in [-0.05, 0) is 61.4 Å². The summed E-state index contributed by atoms with van der Waals surface area (Å²) in [6, 6.07) is 7.09. The van der Waals surface area contributed by atoms with Crippen LogP contribution in [0.1, 0.15) is 70.7 Å². The number of carbonyl (C=O) groups excluding carboxylic acids is 2. The van der Waals surface area contributed by atoms with Gasteiger partial charge in [-0.1, -0.05) is 26.7 Å². The molecule has 5 nitrogen and oxygen atoms in total. The number of nitrogens with one attached hydrogen (secondary N) is 1. The highest BCUT2D eigenvalue weighted by atomic mass is 32.1. The van der Waals surface area contributed by atoms with Crippen molar-refractivity contribution in [3.05, 3.63) is 45.8 Å². The van der Waals surface area contributed by atoms with Crippen LogP contribution in [-0.2, 0) is 12.8 Å². The first-order valence-electron chi connectivity index (χ1n) is 9.98. The molecule has 0 radical (unpaired) electrons. The Bertz CT molecular complexity index is 842. The van der Waals surface area contributed by atoms with E-state index in [1.807, 2.05) is 0 Å². The molecule has 0 bridgehead atoms. The van der Waals surface area contributed by atoms with Crippen molar-refractivity contribution in [1.29, 1.82) is 0 Å². The lowest BCUT2D eigenvalue weighted by Crippen LogP contribution is -2.19. The number of benzene rings is 1. The summed E-state index contributed by atoms with van der Waals surface area (Å²) in [4.78, 5) is 25.9. The molecule has 0 aliphatic heterocycles. The predicted molar refractivity (Wildman–Crippen MR) is 113 cm³/mol. The molecule has 1 aliphatic carbocycles. The van der Waals surface area contributed by atoms with Gasteiger partial charge in [0.1, 0.15) is 10.8 Å². The molecule has 1 aromatic heterocycles. The summed E-state index contributed by atoms with van der Waals surface area (Å²) in [6.45, 7) is 5.04. The summed E-state index contributed by atoms with van der Waals surface area (Å²) < 4.78 is 5.69. The molecule has 2 amide bonds. The van der Waals surface area contributed by atoms with Crippen LogP contribution in [-0.4, -0.2) is 18.4 Å². The number of carbonyl (C=O) groups is 2. The maximum Gasteiger partial charge on any atom is 0.256 e. The van der Waals surface area contributed by atoms with Crippen LogP contribution in [0.2, 0.25) is 0 Å². The first kappa shape index (κ1) is 20.4. The van der Waals surface area contributed by atoms with E-state index in [-0.39, 0.29) is 5.91 Å². The van der Waals surface area contributed by atoms with Crippen LogP contribution in [0.5, 0.6) is 5.75 Å². The number of fused-ring (bicyclic) bond motifs is 1. The topological polar surface area (TPSA) is 81.4 Å². The van der Waals surface area contributed by atoms with Crippen molar-refractivity contribution in [2.75, 3.05) is 11.9 Å². The average molecular weight is 401 g/mol. The first-order valence-corrected chi connectivity index (χ1v) is 10.8. The average Bonchev–Trinajstić information content (AvgIpc) is 3.02. The van der Waals surface area contributed by atoms with Crippen molar-refractivity contribution >= 4 is 28.2 Å². The zero-order valence-corrected chi connectivity index (χ0v) is 17.4. The fourth-order valence-electron chi connectivity index (χ4n) is 3.52.